The minimum atomic E-state index is -3.48. The van der Waals surface area contributed by atoms with E-state index in [0.717, 1.165) is 42.3 Å². The monoisotopic (exact) mass is 551 g/mol. The van der Waals surface area contributed by atoms with Crippen LogP contribution in [-0.2, 0) is 19.3 Å². The number of rotatable bonds is 11. The van der Waals surface area contributed by atoms with Gasteiger partial charge in [-0.15, -0.1) is 11.3 Å². The number of allylic oxidation sites excluding steroid dienone is 1. The topological polar surface area (TPSA) is 65.5 Å². The van der Waals surface area contributed by atoms with Gasteiger partial charge >= 0.3 is 0 Å². The zero-order valence-electron chi connectivity index (χ0n) is 22.8. The van der Waals surface area contributed by atoms with E-state index in [4.69, 9.17) is 9.47 Å². The van der Waals surface area contributed by atoms with Gasteiger partial charge in [0.15, 0.2) is 0 Å². The van der Waals surface area contributed by atoms with Gasteiger partial charge in [-0.3, -0.25) is 0 Å². The van der Waals surface area contributed by atoms with E-state index >= 15 is 4.39 Å². The summed E-state index contributed by atoms with van der Waals surface area (Å²) in [5, 5.41) is 0. The zero-order chi connectivity index (χ0) is 26.8. The van der Waals surface area contributed by atoms with Crippen LogP contribution in [-0.4, -0.2) is 44.8 Å². The number of para-hydroxylation sites is 1. The fourth-order valence-corrected chi connectivity index (χ4v) is 9.48. The van der Waals surface area contributed by atoms with Crippen molar-refractivity contribution >= 4 is 31.4 Å². The lowest BCUT2D eigenvalue weighted by Crippen LogP contribution is -2.37. The Kier molecular flexibility index (Phi) is 8.83. The van der Waals surface area contributed by atoms with E-state index < -0.39 is 21.6 Å². The Morgan fingerprint density at radius 1 is 1.30 bits per heavy atom. The normalized spacial score (nSPS) is 27.5. The molecule has 0 radical (unpaired) electrons. The quantitative estimate of drug-likeness (QED) is 0.216. The second-order valence-electron chi connectivity index (χ2n) is 11.9. The second-order valence-corrected chi connectivity index (χ2v) is 15.2. The Hall–Kier alpha value is -1.35. The molecule has 2 aromatic rings. The summed E-state index contributed by atoms with van der Waals surface area (Å²) in [4.78, 5) is 4.38. The van der Waals surface area contributed by atoms with Crippen molar-refractivity contribution in [3.05, 3.63) is 35.9 Å². The summed E-state index contributed by atoms with van der Waals surface area (Å²) in [5.41, 5.74) is 1.54. The summed E-state index contributed by atoms with van der Waals surface area (Å²) in [6.07, 6.45) is 7.17. The van der Waals surface area contributed by atoms with Crippen LogP contribution in [0.15, 0.2) is 40.3 Å². The maximum absolute atomic E-state index is 15.1. The number of nitrogens with zero attached hydrogens (tertiary/aromatic N) is 1. The summed E-state index contributed by atoms with van der Waals surface area (Å²) in [7, 11) is -1.90. The van der Waals surface area contributed by atoms with Gasteiger partial charge in [0, 0.05) is 13.5 Å². The Bertz CT molecular complexity index is 1170. The second kappa shape index (κ2) is 11.4. The van der Waals surface area contributed by atoms with Crippen molar-refractivity contribution in [3.63, 3.8) is 0 Å². The molecule has 0 bridgehead atoms. The molecule has 1 aromatic heterocycles. The number of fused-ring (bicyclic) bond motifs is 2. The number of thiazole rings is 1. The van der Waals surface area contributed by atoms with Gasteiger partial charge in [-0.25, -0.2) is 17.8 Å². The van der Waals surface area contributed by atoms with Crippen LogP contribution in [0.4, 0.5) is 4.39 Å². The molecule has 2 aliphatic rings. The molecule has 206 valence electrons. The lowest BCUT2D eigenvalue weighted by molar-refractivity contribution is -0.124. The van der Waals surface area contributed by atoms with Gasteiger partial charge < -0.3 is 9.47 Å². The maximum atomic E-state index is 15.1. The van der Waals surface area contributed by atoms with Crippen LogP contribution in [0.3, 0.4) is 0 Å². The highest BCUT2D eigenvalue weighted by molar-refractivity contribution is 7.93. The van der Waals surface area contributed by atoms with Crippen LogP contribution in [0.2, 0.25) is 0 Å². The molecule has 0 spiro atoms. The van der Waals surface area contributed by atoms with Crippen LogP contribution in [0.25, 0.3) is 10.2 Å². The fourth-order valence-electron chi connectivity index (χ4n) is 6.99. The first-order valence-electron chi connectivity index (χ1n) is 13.5. The average Bonchev–Trinajstić information content (AvgIpc) is 3.43. The predicted molar refractivity (Wildman–Crippen MR) is 148 cm³/mol. The molecule has 2 saturated carbocycles. The van der Waals surface area contributed by atoms with Crippen molar-refractivity contribution in [1.82, 2.24) is 4.98 Å². The van der Waals surface area contributed by atoms with E-state index in [1.807, 2.05) is 44.2 Å². The third-order valence-corrected chi connectivity index (χ3v) is 11.8. The Morgan fingerprint density at radius 3 is 2.78 bits per heavy atom. The molecule has 2 fully saturated rings. The summed E-state index contributed by atoms with van der Waals surface area (Å²) in [5.74, 6) is 1.06. The van der Waals surface area contributed by atoms with Crippen LogP contribution < -0.4 is 0 Å². The van der Waals surface area contributed by atoms with Gasteiger partial charge in [0.2, 0.25) is 14.2 Å². The third kappa shape index (κ3) is 6.45. The standard InChI is InChI=1S/C29H42FNO4S2/c1-20(17-22(30)18-28(2,3)35-19-34-5)23-12-13-24-21(9-8-15-29(23,24)4)14-16-37(32,33)27-31-25-10-6-7-11-26(25)36-27/h6-7,10-11,14,20,22-24H,8-9,12-13,15-19H2,1-5H3/b21-14+/t20-,22-,23-,24+,29-/m1/s1. The maximum Gasteiger partial charge on any atom is 0.210 e. The van der Waals surface area contributed by atoms with Crippen molar-refractivity contribution in [1.29, 1.82) is 0 Å². The van der Waals surface area contributed by atoms with E-state index in [0.29, 0.717) is 24.7 Å². The largest absolute Gasteiger partial charge is 0.359 e. The van der Waals surface area contributed by atoms with Gasteiger partial charge in [0.25, 0.3) is 0 Å². The van der Waals surface area contributed by atoms with Gasteiger partial charge in [-0.2, -0.15) is 0 Å². The van der Waals surface area contributed by atoms with Gasteiger partial charge in [0.1, 0.15) is 13.0 Å². The number of methoxy groups -OCH3 is 1. The minimum Gasteiger partial charge on any atom is -0.359 e. The number of benzene rings is 1. The van der Waals surface area contributed by atoms with Crippen molar-refractivity contribution < 1.29 is 22.3 Å². The van der Waals surface area contributed by atoms with Gasteiger partial charge in [-0.05, 0) is 87.7 Å². The molecular formula is C29H42FNO4S2. The number of alkyl halides is 1. The third-order valence-electron chi connectivity index (χ3n) is 8.74. The number of hydrogen-bond acceptors (Lipinski definition) is 6. The molecule has 5 nitrogen and oxygen atoms in total. The molecule has 0 amide bonds. The number of ether oxygens (including phenoxy) is 2. The first-order valence-corrected chi connectivity index (χ1v) is 16.0. The van der Waals surface area contributed by atoms with Crippen molar-refractivity contribution in [2.45, 2.75) is 88.8 Å². The lowest BCUT2D eigenvalue weighted by atomic mass is 9.60. The molecule has 8 heteroatoms. The van der Waals surface area contributed by atoms with E-state index in [1.54, 1.807) is 7.11 Å². The summed E-state index contributed by atoms with van der Waals surface area (Å²) >= 11 is 1.25. The number of halogens is 1. The van der Waals surface area contributed by atoms with Gasteiger partial charge in [0.05, 0.1) is 21.6 Å². The summed E-state index contributed by atoms with van der Waals surface area (Å²) < 4.78 is 53.2. The summed E-state index contributed by atoms with van der Waals surface area (Å²) in [6.45, 7) is 8.55. The Morgan fingerprint density at radius 2 is 2.05 bits per heavy atom. The molecule has 5 atom stereocenters. The Labute approximate surface area is 225 Å². The molecule has 0 unspecified atom stereocenters. The smallest absolute Gasteiger partial charge is 0.210 e. The Balaban J connectivity index is 1.42. The first kappa shape index (κ1) is 28.7. The van der Waals surface area contributed by atoms with E-state index in [1.165, 1.54) is 16.9 Å². The van der Waals surface area contributed by atoms with E-state index in [9.17, 15) is 8.42 Å². The first-order chi connectivity index (χ1) is 17.4. The highest BCUT2D eigenvalue weighted by atomic mass is 32.2. The summed E-state index contributed by atoms with van der Waals surface area (Å²) in [6, 6.07) is 7.54. The molecular weight excluding hydrogens is 509 g/mol. The molecule has 0 aliphatic heterocycles. The molecule has 1 heterocycles. The fraction of sp³-hybridized carbons (Fsp3) is 0.690. The average molecular weight is 552 g/mol. The molecule has 0 saturated heterocycles. The molecule has 1 aromatic carbocycles. The van der Waals surface area contributed by atoms with Gasteiger partial charge in [-0.1, -0.05) is 37.6 Å². The molecule has 4 rings (SSSR count). The highest BCUT2D eigenvalue weighted by Gasteiger charge is 2.51. The predicted octanol–water partition coefficient (Wildman–Crippen LogP) is 7.37. The van der Waals surface area contributed by atoms with E-state index in [-0.39, 0.29) is 28.2 Å². The lowest BCUT2D eigenvalue weighted by Gasteiger charge is -2.44. The molecule has 37 heavy (non-hydrogen) atoms. The highest BCUT2D eigenvalue weighted by Crippen LogP contribution is 2.60. The van der Waals surface area contributed by atoms with Crippen molar-refractivity contribution in [2.24, 2.45) is 23.2 Å². The van der Waals surface area contributed by atoms with Crippen LogP contribution in [0.5, 0.6) is 0 Å². The van der Waals surface area contributed by atoms with Crippen LogP contribution in [0.1, 0.15) is 72.6 Å². The molecule has 2 aliphatic carbocycles. The SMILES string of the molecule is COCOC(C)(C)C[C@H](F)C[C@@H](C)[C@H]1CC[C@H]2/C(=C/CS(=O)(=O)c3nc4ccccc4s3)CCC[C@]12C. The molecule has 0 N–H and O–H groups in total. The van der Waals surface area contributed by atoms with Crippen molar-refractivity contribution in [3.8, 4) is 0 Å². The number of hydrogen-bond donors (Lipinski definition) is 0. The minimum absolute atomic E-state index is 0.00192. The van der Waals surface area contributed by atoms with Crippen molar-refractivity contribution in [2.75, 3.05) is 19.7 Å². The number of sulfone groups is 1. The number of aromatic nitrogens is 1. The zero-order valence-corrected chi connectivity index (χ0v) is 24.5. The van der Waals surface area contributed by atoms with Crippen LogP contribution in [0, 0.1) is 23.2 Å². The van der Waals surface area contributed by atoms with E-state index in [2.05, 4.69) is 18.8 Å². The van der Waals surface area contributed by atoms with Crippen LogP contribution >= 0.6 is 11.3 Å².